The van der Waals surface area contributed by atoms with Crippen LogP contribution in [-0.4, -0.2) is 15.9 Å². The van der Waals surface area contributed by atoms with Gasteiger partial charge in [0.15, 0.2) is 5.78 Å². The van der Waals surface area contributed by atoms with Crippen LogP contribution in [0.15, 0.2) is 48.4 Å². The summed E-state index contributed by atoms with van der Waals surface area (Å²) in [6.45, 7) is 12.3. The van der Waals surface area contributed by atoms with E-state index in [2.05, 4.69) is 52.0 Å². The van der Waals surface area contributed by atoms with Crippen molar-refractivity contribution in [2.45, 2.75) is 66.2 Å². The summed E-state index contributed by atoms with van der Waals surface area (Å²) in [7, 11) is 0. The SMILES string of the molecule is CC(=O)/C=C(/C)O.Cc1c2c(c(C)c3c1sc1c(-c4[c-]cccc4)nccc13)C(C)CCC2C.[Ir]. The van der Waals surface area contributed by atoms with E-state index in [4.69, 9.17) is 10.1 Å². The first-order valence-corrected chi connectivity index (χ1v) is 12.7. The summed E-state index contributed by atoms with van der Waals surface area (Å²) in [5, 5.41) is 11.2. The minimum atomic E-state index is -0.125. The number of pyridine rings is 1. The zero-order valence-corrected chi connectivity index (χ0v) is 24.4. The fourth-order valence-electron chi connectivity index (χ4n) is 5.41. The monoisotopic (exact) mass is 663 g/mol. The molecule has 0 amide bonds. The zero-order valence-electron chi connectivity index (χ0n) is 21.2. The third-order valence-electron chi connectivity index (χ3n) is 6.81. The number of allylic oxidation sites excluding steroid dienone is 2. The molecule has 0 spiro atoms. The summed E-state index contributed by atoms with van der Waals surface area (Å²) in [5.41, 5.74) is 8.36. The van der Waals surface area contributed by atoms with Crippen LogP contribution in [0, 0.1) is 19.9 Å². The van der Waals surface area contributed by atoms with Crippen LogP contribution >= 0.6 is 11.3 Å². The fraction of sp³-hybridized carbons (Fsp3) is 0.333. The van der Waals surface area contributed by atoms with Crippen LogP contribution in [0.25, 0.3) is 31.4 Å². The van der Waals surface area contributed by atoms with E-state index in [0.29, 0.717) is 11.8 Å². The number of aromatic nitrogens is 1. The van der Waals surface area contributed by atoms with Gasteiger partial charge in [0.2, 0.25) is 0 Å². The first-order chi connectivity index (χ1) is 16.2. The molecule has 0 aliphatic heterocycles. The molecule has 0 bridgehead atoms. The normalized spacial score (nSPS) is 17.4. The Morgan fingerprint density at radius 1 is 1.06 bits per heavy atom. The number of benzene rings is 2. The van der Waals surface area contributed by atoms with E-state index in [1.54, 1.807) is 11.1 Å². The van der Waals surface area contributed by atoms with Gasteiger partial charge in [-0.3, -0.25) is 4.79 Å². The number of nitrogens with zero attached hydrogens (tertiary/aromatic N) is 1. The largest absolute Gasteiger partial charge is 0.512 e. The molecular weight excluding hydrogens is 631 g/mol. The van der Waals surface area contributed by atoms with Gasteiger partial charge in [-0.1, -0.05) is 13.8 Å². The van der Waals surface area contributed by atoms with Gasteiger partial charge in [-0.25, -0.2) is 0 Å². The standard InChI is InChI=1S/C25H24NS.C5H8O2.Ir/c1-14-10-11-15(2)21-17(4)24-22(16(3)20(14)21)19-12-13-26-23(25(19)27-24)18-8-6-5-7-9-18;1-4(6)3-5(2)7;/h5-8,12-15H,10-11H2,1-4H3;3,6H,1-2H3;/q-1;;/b;4-3-;. The maximum absolute atomic E-state index is 10.0. The van der Waals surface area contributed by atoms with Gasteiger partial charge in [0.25, 0.3) is 0 Å². The number of thiophene rings is 1. The number of aliphatic hydroxyl groups excluding tert-OH is 1. The molecule has 0 saturated heterocycles. The third-order valence-corrected chi connectivity index (χ3v) is 8.15. The van der Waals surface area contributed by atoms with Gasteiger partial charge in [-0.15, -0.1) is 47.2 Å². The molecule has 1 aliphatic carbocycles. The molecule has 185 valence electrons. The Labute approximate surface area is 225 Å². The van der Waals surface area contributed by atoms with E-state index in [1.807, 2.05) is 29.7 Å². The van der Waals surface area contributed by atoms with Crippen LogP contribution in [0.1, 0.15) is 74.6 Å². The van der Waals surface area contributed by atoms with Crippen LogP contribution in [0.3, 0.4) is 0 Å². The maximum atomic E-state index is 10.0. The number of rotatable bonds is 2. The van der Waals surface area contributed by atoms with Gasteiger partial charge in [0.1, 0.15) is 0 Å². The van der Waals surface area contributed by atoms with E-state index in [9.17, 15) is 4.79 Å². The number of hydrogen-bond acceptors (Lipinski definition) is 4. The van der Waals surface area contributed by atoms with Gasteiger partial charge < -0.3 is 10.1 Å². The third kappa shape index (κ3) is 5.28. The molecule has 5 rings (SSSR count). The molecule has 1 aliphatic rings. The van der Waals surface area contributed by atoms with Gasteiger partial charge in [-0.05, 0) is 86.1 Å². The Bertz CT molecular complexity index is 1400. The average Bonchev–Trinajstić information content (AvgIpc) is 3.19. The Morgan fingerprint density at radius 3 is 2.26 bits per heavy atom. The first kappa shape index (κ1) is 27.3. The number of aliphatic hydroxyl groups is 1. The number of hydrogen-bond donors (Lipinski definition) is 1. The Balaban J connectivity index is 0.000000378. The second-order valence-electron chi connectivity index (χ2n) is 9.47. The molecule has 2 aromatic carbocycles. The summed E-state index contributed by atoms with van der Waals surface area (Å²) >= 11 is 1.92. The first-order valence-electron chi connectivity index (χ1n) is 11.9. The molecule has 35 heavy (non-hydrogen) atoms. The van der Waals surface area contributed by atoms with Crippen molar-refractivity contribution < 1.29 is 30.0 Å². The number of ketones is 1. The van der Waals surface area contributed by atoms with Gasteiger partial charge >= 0.3 is 0 Å². The molecule has 0 fully saturated rings. The summed E-state index contributed by atoms with van der Waals surface area (Å²) < 4.78 is 2.75. The topological polar surface area (TPSA) is 50.2 Å². The van der Waals surface area contributed by atoms with Crippen molar-refractivity contribution in [1.29, 1.82) is 0 Å². The van der Waals surface area contributed by atoms with Crippen LogP contribution in [0.2, 0.25) is 0 Å². The molecule has 0 saturated carbocycles. The minimum Gasteiger partial charge on any atom is -0.512 e. The molecule has 1 radical (unpaired) electrons. The van der Waals surface area contributed by atoms with E-state index >= 15 is 0 Å². The molecule has 2 aromatic heterocycles. The Morgan fingerprint density at radius 2 is 1.71 bits per heavy atom. The smallest absolute Gasteiger partial charge is 0.155 e. The van der Waals surface area contributed by atoms with Crippen LogP contribution in [0.5, 0.6) is 0 Å². The van der Waals surface area contributed by atoms with E-state index in [0.717, 1.165) is 11.3 Å². The number of aryl methyl sites for hydroxylation is 2. The molecule has 5 heteroatoms. The predicted octanol–water partition coefficient (Wildman–Crippen LogP) is 8.57. The van der Waals surface area contributed by atoms with Crippen molar-refractivity contribution >= 4 is 37.3 Å². The molecule has 2 atom stereocenters. The molecular formula is C30H32IrNO2S-. The van der Waals surface area contributed by atoms with Crippen molar-refractivity contribution in [2.24, 2.45) is 0 Å². The van der Waals surface area contributed by atoms with Crippen LogP contribution in [0.4, 0.5) is 0 Å². The second-order valence-corrected chi connectivity index (χ2v) is 10.5. The summed E-state index contributed by atoms with van der Waals surface area (Å²) in [5.74, 6) is 1.25. The number of fused-ring (bicyclic) bond motifs is 4. The molecule has 2 unspecified atom stereocenters. The summed E-state index contributed by atoms with van der Waals surface area (Å²) in [6.07, 6.45) is 5.73. The van der Waals surface area contributed by atoms with E-state index in [1.165, 1.54) is 64.1 Å². The summed E-state index contributed by atoms with van der Waals surface area (Å²) in [4.78, 5) is 14.8. The van der Waals surface area contributed by atoms with Crippen LogP contribution < -0.4 is 0 Å². The van der Waals surface area contributed by atoms with Gasteiger partial charge in [0.05, 0.1) is 5.76 Å². The quantitative estimate of drug-likeness (QED) is 0.133. The molecule has 3 nitrogen and oxygen atoms in total. The van der Waals surface area contributed by atoms with E-state index in [-0.39, 0.29) is 31.6 Å². The maximum Gasteiger partial charge on any atom is 0.155 e. The number of carbonyl (C=O) groups is 1. The fourth-order valence-corrected chi connectivity index (χ4v) is 6.78. The van der Waals surface area contributed by atoms with E-state index < -0.39 is 0 Å². The van der Waals surface area contributed by atoms with Crippen molar-refractivity contribution in [3.63, 3.8) is 0 Å². The zero-order chi connectivity index (χ0) is 24.6. The number of carbonyl (C=O) groups excluding carboxylic acids is 1. The average molecular weight is 663 g/mol. The van der Waals surface area contributed by atoms with Crippen molar-refractivity contribution in [1.82, 2.24) is 4.98 Å². The van der Waals surface area contributed by atoms with Crippen molar-refractivity contribution in [3.05, 3.63) is 76.7 Å². The van der Waals surface area contributed by atoms with Crippen LogP contribution in [-0.2, 0) is 24.9 Å². The van der Waals surface area contributed by atoms with Gasteiger partial charge in [-0.2, -0.15) is 0 Å². The molecule has 4 aromatic rings. The Hall–Kier alpha value is -2.33. The molecule has 1 N–H and O–H groups in total. The minimum absolute atomic E-state index is 0. The summed E-state index contributed by atoms with van der Waals surface area (Å²) in [6, 6.07) is 13.7. The van der Waals surface area contributed by atoms with Gasteiger partial charge in [0, 0.05) is 52.9 Å². The predicted molar refractivity (Wildman–Crippen MR) is 144 cm³/mol. The van der Waals surface area contributed by atoms with Crippen molar-refractivity contribution in [3.8, 4) is 11.3 Å². The van der Waals surface area contributed by atoms with Crippen molar-refractivity contribution in [2.75, 3.05) is 0 Å². The molecule has 2 heterocycles. The Kier molecular flexibility index (Phi) is 8.69. The second kappa shape index (κ2) is 11.2.